The van der Waals surface area contributed by atoms with Gasteiger partial charge in [0.1, 0.15) is 19.0 Å². The fourth-order valence-electron chi connectivity index (χ4n) is 2.97. The van der Waals surface area contributed by atoms with E-state index in [9.17, 15) is 14.4 Å². The van der Waals surface area contributed by atoms with Gasteiger partial charge in [0.05, 0.1) is 0 Å². The van der Waals surface area contributed by atoms with E-state index in [-0.39, 0.29) is 24.6 Å². The molecule has 2 aliphatic rings. The first-order valence-corrected chi connectivity index (χ1v) is 8.44. The number of esters is 2. The average Bonchev–Trinajstić information content (AvgIpc) is 2.82. The van der Waals surface area contributed by atoms with Crippen molar-refractivity contribution < 1.29 is 23.9 Å². The summed E-state index contributed by atoms with van der Waals surface area (Å²) in [6.45, 7) is 7.69. The van der Waals surface area contributed by atoms with Crippen LogP contribution in [0.4, 0.5) is 0 Å². The Morgan fingerprint density at radius 2 is 2.16 bits per heavy atom. The van der Waals surface area contributed by atoms with E-state index < -0.39 is 5.97 Å². The van der Waals surface area contributed by atoms with Crippen LogP contribution >= 0.6 is 0 Å². The summed E-state index contributed by atoms with van der Waals surface area (Å²) in [4.78, 5) is 34.7. The second-order valence-corrected chi connectivity index (χ2v) is 6.64. The van der Waals surface area contributed by atoms with Gasteiger partial charge in [-0.25, -0.2) is 9.59 Å². The van der Waals surface area contributed by atoms with Crippen molar-refractivity contribution in [3.8, 4) is 0 Å². The number of hydrogen-bond acceptors (Lipinski definition) is 5. The number of carbonyl (C=O) groups excluding carboxylic acids is 3. The Morgan fingerprint density at radius 3 is 2.84 bits per heavy atom. The van der Waals surface area contributed by atoms with Crippen LogP contribution in [0, 0.1) is 5.92 Å². The molecule has 2 atom stereocenters. The fraction of sp³-hybridized carbons (Fsp3) is 0.450. The highest BCUT2D eigenvalue weighted by Gasteiger charge is 2.38. The average molecular weight is 344 g/mol. The van der Waals surface area contributed by atoms with Crippen LogP contribution in [0.25, 0.3) is 0 Å². The van der Waals surface area contributed by atoms with Gasteiger partial charge in [-0.05, 0) is 44.3 Å². The number of ether oxygens (including phenoxy) is 2. The van der Waals surface area contributed by atoms with Crippen molar-refractivity contribution in [3.63, 3.8) is 0 Å². The van der Waals surface area contributed by atoms with Gasteiger partial charge in [-0.1, -0.05) is 24.3 Å². The van der Waals surface area contributed by atoms with Crippen LogP contribution in [0.15, 0.2) is 47.1 Å². The molecule has 5 nitrogen and oxygen atoms in total. The molecule has 0 radical (unpaired) electrons. The number of carbonyl (C=O) groups is 3. The summed E-state index contributed by atoms with van der Waals surface area (Å²) < 4.78 is 10.6. The Kier molecular flexibility index (Phi) is 6.51. The molecule has 5 heteroatoms. The van der Waals surface area contributed by atoms with Crippen molar-refractivity contribution >= 4 is 18.2 Å². The van der Waals surface area contributed by atoms with Crippen LogP contribution in [0.1, 0.15) is 39.5 Å². The van der Waals surface area contributed by atoms with Crippen LogP contribution < -0.4 is 0 Å². The van der Waals surface area contributed by atoms with Crippen LogP contribution in [0.3, 0.4) is 0 Å². The highest BCUT2D eigenvalue weighted by atomic mass is 16.6. The van der Waals surface area contributed by atoms with E-state index in [4.69, 9.17) is 9.47 Å². The molecule has 25 heavy (non-hydrogen) atoms. The zero-order valence-electron chi connectivity index (χ0n) is 14.7. The molecule has 0 spiro atoms. The van der Waals surface area contributed by atoms with E-state index in [0.29, 0.717) is 36.8 Å². The second-order valence-electron chi connectivity index (χ2n) is 6.64. The first-order chi connectivity index (χ1) is 11.9. The van der Waals surface area contributed by atoms with Gasteiger partial charge >= 0.3 is 11.9 Å². The molecule has 1 aliphatic heterocycles. The molecular weight excluding hydrogens is 320 g/mol. The standard InChI is InChI=1S/C20H24O5/c1-13(2)9-19(22)24-12-15-5-4-6-16(11-21)10-18-17(8-7-15)14(3)20(23)25-18/h6-7,9,11,17-18H,3-5,8,10,12H2,1-2H3/b15-7-,16-6+/t17-,18+/m1/s1. The van der Waals surface area contributed by atoms with E-state index in [1.54, 1.807) is 0 Å². The van der Waals surface area contributed by atoms with Gasteiger partial charge in [-0.2, -0.15) is 0 Å². The largest absolute Gasteiger partial charge is 0.458 e. The molecule has 0 aromatic rings. The molecule has 0 aromatic heterocycles. The van der Waals surface area contributed by atoms with Crippen LogP contribution in [-0.4, -0.2) is 30.9 Å². The Balaban J connectivity index is 2.13. The van der Waals surface area contributed by atoms with Gasteiger partial charge in [0.25, 0.3) is 0 Å². The summed E-state index contributed by atoms with van der Waals surface area (Å²) in [6.07, 6.45) is 8.12. The molecule has 2 rings (SSSR count). The molecule has 1 heterocycles. The lowest BCUT2D eigenvalue weighted by Crippen LogP contribution is -2.18. The highest BCUT2D eigenvalue weighted by Crippen LogP contribution is 2.34. The van der Waals surface area contributed by atoms with E-state index in [1.807, 2.05) is 26.0 Å². The molecule has 0 saturated carbocycles. The van der Waals surface area contributed by atoms with Crippen molar-refractivity contribution in [2.24, 2.45) is 5.92 Å². The molecule has 0 amide bonds. The first kappa shape index (κ1) is 18.9. The zero-order valence-corrected chi connectivity index (χ0v) is 14.7. The molecule has 0 N–H and O–H groups in total. The lowest BCUT2D eigenvalue weighted by atomic mass is 9.88. The van der Waals surface area contributed by atoms with Gasteiger partial charge in [0.15, 0.2) is 0 Å². The first-order valence-electron chi connectivity index (χ1n) is 8.44. The van der Waals surface area contributed by atoms with Crippen molar-refractivity contribution in [2.45, 2.75) is 45.6 Å². The summed E-state index contributed by atoms with van der Waals surface area (Å²) in [5.74, 6) is -0.925. The maximum atomic E-state index is 11.8. The van der Waals surface area contributed by atoms with E-state index >= 15 is 0 Å². The predicted molar refractivity (Wildman–Crippen MR) is 93.6 cm³/mol. The molecule has 134 valence electrons. The van der Waals surface area contributed by atoms with Crippen LogP contribution in [-0.2, 0) is 23.9 Å². The van der Waals surface area contributed by atoms with Crippen molar-refractivity contribution in [1.29, 1.82) is 0 Å². The number of aldehydes is 1. The Bertz CT molecular complexity index is 662. The quantitative estimate of drug-likeness (QED) is 0.339. The van der Waals surface area contributed by atoms with Gasteiger partial charge < -0.3 is 9.47 Å². The third kappa shape index (κ3) is 5.28. The number of hydrogen-bond donors (Lipinski definition) is 0. The van der Waals surface area contributed by atoms with Crippen molar-refractivity contribution in [1.82, 2.24) is 0 Å². The van der Waals surface area contributed by atoms with Crippen molar-refractivity contribution in [3.05, 3.63) is 47.1 Å². The minimum atomic E-state index is -0.399. The van der Waals surface area contributed by atoms with Gasteiger partial charge in [0.2, 0.25) is 0 Å². The fourth-order valence-corrected chi connectivity index (χ4v) is 2.97. The number of fused-ring (bicyclic) bond motifs is 1. The molecular formula is C20H24O5. The van der Waals surface area contributed by atoms with E-state index in [2.05, 4.69) is 6.58 Å². The monoisotopic (exact) mass is 344 g/mol. The third-order valence-electron chi connectivity index (χ3n) is 4.34. The van der Waals surface area contributed by atoms with E-state index in [1.165, 1.54) is 6.08 Å². The predicted octanol–water partition coefficient (Wildman–Crippen LogP) is 3.22. The molecule has 1 fully saturated rings. The number of rotatable bonds is 4. The normalized spacial score (nSPS) is 27.8. The summed E-state index contributed by atoms with van der Waals surface area (Å²) in [6, 6.07) is 0. The molecule has 0 aromatic carbocycles. The Labute approximate surface area is 148 Å². The van der Waals surface area contributed by atoms with Crippen LogP contribution in [0.5, 0.6) is 0 Å². The zero-order chi connectivity index (χ0) is 18.4. The van der Waals surface area contributed by atoms with E-state index in [0.717, 1.165) is 17.4 Å². The smallest absolute Gasteiger partial charge is 0.334 e. The lowest BCUT2D eigenvalue weighted by Gasteiger charge is -2.18. The minimum Gasteiger partial charge on any atom is -0.458 e. The Morgan fingerprint density at radius 1 is 1.40 bits per heavy atom. The highest BCUT2D eigenvalue weighted by molar-refractivity contribution is 5.91. The Hall–Kier alpha value is -2.43. The van der Waals surface area contributed by atoms with Gasteiger partial charge in [0, 0.05) is 24.0 Å². The topological polar surface area (TPSA) is 69.7 Å². The summed E-state index contributed by atoms with van der Waals surface area (Å²) in [7, 11) is 0. The number of allylic oxidation sites excluding steroid dienone is 3. The van der Waals surface area contributed by atoms with Gasteiger partial charge in [-0.3, -0.25) is 4.79 Å². The molecule has 0 unspecified atom stereocenters. The summed E-state index contributed by atoms with van der Waals surface area (Å²) >= 11 is 0. The molecule has 1 saturated heterocycles. The second kappa shape index (κ2) is 8.60. The maximum absolute atomic E-state index is 11.8. The maximum Gasteiger partial charge on any atom is 0.334 e. The minimum absolute atomic E-state index is 0.155. The molecule has 0 bridgehead atoms. The lowest BCUT2D eigenvalue weighted by molar-refractivity contribution is -0.139. The summed E-state index contributed by atoms with van der Waals surface area (Å²) in [5.41, 5.74) is 2.90. The van der Waals surface area contributed by atoms with Crippen molar-refractivity contribution in [2.75, 3.05) is 6.61 Å². The molecule has 1 aliphatic carbocycles. The SMILES string of the molecule is C=C1C(=O)O[C@H]2C/C(C=O)=C\CC/C(COC(=O)C=C(C)C)=C/C[C@H]12. The van der Waals surface area contributed by atoms with Crippen LogP contribution in [0.2, 0.25) is 0 Å². The van der Waals surface area contributed by atoms with Gasteiger partial charge in [-0.15, -0.1) is 0 Å². The third-order valence-corrected chi connectivity index (χ3v) is 4.34. The summed E-state index contributed by atoms with van der Waals surface area (Å²) in [5, 5.41) is 0.